The molecule has 1 fully saturated rings. The fourth-order valence-electron chi connectivity index (χ4n) is 3.78. The third kappa shape index (κ3) is 5.03. The SMILES string of the molecule is CCC(C)(C)C(=O)C(=O)N1CCCC1C(=O)OCCCc1cc2ccccc2[n+]([O-])c1. The molecular weight excluding hydrogens is 396 g/mol. The zero-order chi connectivity index (χ0) is 22.6. The van der Waals surface area contributed by atoms with E-state index in [1.165, 1.54) is 4.90 Å². The molecule has 0 N–H and O–H groups in total. The van der Waals surface area contributed by atoms with E-state index < -0.39 is 29.1 Å². The maximum absolute atomic E-state index is 12.7. The van der Waals surface area contributed by atoms with Crippen molar-refractivity contribution in [2.75, 3.05) is 13.2 Å². The lowest BCUT2D eigenvalue weighted by Gasteiger charge is -2.27. The maximum Gasteiger partial charge on any atom is 0.328 e. The van der Waals surface area contributed by atoms with E-state index in [4.69, 9.17) is 4.74 Å². The molecule has 7 nitrogen and oxygen atoms in total. The molecule has 3 rings (SSSR count). The number of amides is 1. The number of nitrogens with zero attached hydrogens (tertiary/aromatic N) is 2. The van der Waals surface area contributed by atoms with Gasteiger partial charge in [0, 0.05) is 29.0 Å². The minimum absolute atomic E-state index is 0.192. The first kappa shape index (κ1) is 22.7. The Morgan fingerprint density at radius 1 is 1.26 bits per heavy atom. The lowest BCUT2D eigenvalue weighted by molar-refractivity contribution is -0.577. The maximum atomic E-state index is 12.7. The van der Waals surface area contributed by atoms with Crippen LogP contribution in [0, 0.1) is 10.6 Å². The number of Topliss-reactive ketones (excluding diaryl/α,β-unsaturated/α-hetero) is 1. The van der Waals surface area contributed by atoms with E-state index in [-0.39, 0.29) is 6.61 Å². The molecule has 1 atom stereocenters. The number of para-hydroxylation sites is 1. The molecule has 0 saturated carbocycles. The lowest BCUT2D eigenvalue weighted by atomic mass is 9.84. The van der Waals surface area contributed by atoms with Gasteiger partial charge in [0.1, 0.15) is 6.04 Å². The van der Waals surface area contributed by atoms with Crippen molar-refractivity contribution < 1.29 is 23.9 Å². The first-order valence-electron chi connectivity index (χ1n) is 10.9. The molecule has 0 aliphatic carbocycles. The quantitative estimate of drug-likeness (QED) is 0.213. The Balaban J connectivity index is 1.53. The summed E-state index contributed by atoms with van der Waals surface area (Å²) in [4.78, 5) is 39.1. The largest absolute Gasteiger partial charge is 0.618 e. The van der Waals surface area contributed by atoms with Gasteiger partial charge in [0.05, 0.1) is 6.61 Å². The third-order valence-corrected chi connectivity index (χ3v) is 6.13. The second-order valence-corrected chi connectivity index (χ2v) is 8.73. The van der Waals surface area contributed by atoms with Crippen LogP contribution in [0.25, 0.3) is 10.9 Å². The van der Waals surface area contributed by atoms with Crippen LogP contribution < -0.4 is 4.73 Å². The Bertz CT molecular complexity index is 985. The number of hydrogen-bond acceptors (Lipinski definition) is 5. The number of ketones is 1. The molecule has 0 bridgehead atoms. The van der Waals surface area contributed by atoms with Gasteiger partial charge in [0.25, 0.3) is 5.91 Å². The molecule has 0 radical (unpaired) electrons. The van der Waals surface area contributed by atoms with Crippen molar-refractivity contribution in [3.8, 4) is 0 Å². The normalized spacial score (nSPS) is 16.5. The zero-order valence-electron chi connectivity index (χ0n) is 18.4. The highest BCUT2D eigenvalue weighted by Crippen LogP contribution is 2.26. The Morgan fingerprint density at radius 3 is 2.74 bits per heavy atom. The summed E-state index contributed by atoms with van der Waals surface area (Å²) in [7, 11) is 0. The smallest absolute Gasteiger partial charge is 0.328 e. The Hall–Kier alpha value is -2.96. The van der Waals surface area contributed by atoms with Crippen molar-refractivity contribution in [1.82, 2.24) is 4.90 Å². The van der Waals surface area contributed by atoms with E-state index in [0.717, 1.165) is 15.7 Å². The number of ether oxygens (including phenoxy) is 1. The number of carbonyl (C=O) groups excluding carboxylic acids is 3. The number of pyridine rings is 1. The van der Waals surface area contributed by atoms with E-state index in [2.05, 4.69) is 0 Å². The molecule has 2 heterocycles. The predicted octanol–water partition coefficient (Wildman–Crippen LogP) is 2.95. The fraction of sp³-hybridized carbons (Fsp3) is 0.500. The molecule has 1 unspecified atom stereocenters. The topological polar surface area (TPSA) is 90.6 Å². The second kappa shape index (κ2) is 9.45. The number of aromatic nitrogens is 1. The number of benzene rings is 1. The minimum Gasteiger partial charge on any atom is -0.618 e. The van der Waals surface area contributed by atoms with Gasteiger partial charge in [-0.25, -0.2) is 4.79 Å². The van der Waals surface area contributed by atoms with E-state index in [1.807, 2.05) is 31.2 Å². The van der Waals surface area contributed by atoms with Crippen LogP contribution in [0.3, 0.4) is 0 Å². The van der Waals surface area contributed by atoms with Gasteiger partial charge < -0.3 is 14.8 Å². The monoisotopic (exact) mass is 426 g/mol. The highest BCUT2D eigenvalue weighted by Gasteiger charge is 2.41. The van der Waals surface area contributed by atoms with Crippen molar-refractivity contribution in [2.45, 2.75) is 58.9 Å². The molecule has 166 valence electrons. The predicted molar refractivity (Wildman–Crippen MR) is 116 cm³/mol. The Kier molecular flexibility index (Phi) is 6.93. The summed E-state index contributed by atoms with van der Waals surface area (Å²) in [6.45, 7) is 5.94. The van der Waals surface area contributed by atoms with Crippen molar-refractivity contribution in [1.29, 1.82) is 0 Å². The summed E-state index contributed by atoms with van der Waals surface area (Å²) >= 11 is 0. The van der Waals surface area contributed by atoms with Gasteiger partial charge in [-0.15, -0.1) is 0 Å². The molecule has 1 saturated heterocycles. The number of esters is 1. The number of carbonyl (C=O) groups is 3. The van der Waals surface area contributed by atoms with Crippen LogP contribution in [-0.2, 0) is 25.5 Å². The van der Waals surface area contributed by atoms with Crippen LogP contribution in [0.2, 0.25) is 0 Å². The molecule has 1 aliphatic rings. The number of aryl methyl sites for hydroxylation is 1. The fourth-order valence-corrected chi connectivity index (χ4v) is 3.78. The first-order valence-corrected chi connectivity index (χ1v) is 10.9. The summed E-state index contributed by atoms with van der Waals surface area (Å²) in [5.74, 6) is -1.52. The molecular formula is C24H30N2O5. The molecule has 0 spiro atoms. The van der Waals surface area contributed by atoms with Crippen molar-refractivity contribution in [3.63, 3.8) is 0 Å². The Morgan fingerprint density at radius 2 is 2.00 bits per heavy atom. The summed E-state index contributed by atoms with van der Waals surface area (Å²) in [6.07, 6.45) is 4.43. The van der Waals surface area contributed by atoms with Gasteiger partial charge in [-0.2, -0.15) is 4.73 Å². The highest BCUT2D eigenvalue weighted by molar-refractivity contribution is 6.38. The van der Waals surface area contributed by atoms with E-state index in [0.29, 0.717) is 44.2 Å². The lowest BCUT2D eigenvalue weighted by Crippen LogP contribution is -2.48. The van der Waals surface area contributed by atoms with Crippen LogP contribution in [0.1, 0.15) is 52.0 Å². The average Bonchev–Trinajstić information content (AvgIpc) is 3.25. The average molecular weight is 427 g/mol. The van der Waals surface area contributed by atoms with Crippen molar-refractivity contribution >= 4 is 28.6 Å². The molecule has 1 aromatic carbocycles. The van der Waals surface area contributed by atoms with Crippen LogP contribution in [0.4, 0.5) is 0 Å². The molecule has 1 amide bonds. The van der Waals surface area contributed by atoms with Gasteiger partial charge in [-0.1, -0.05) is 32.9 Å². The number of fused-ring (bicyclic) bond motifs is 1. The van der Waals surface area contributed by atoms with Crippen molar-refractivity contribution in [3.05, 3.63) is 47.3 Å². The van der Waals surface area contributed by atoms with E-state index in [1.54, 1.807) is 26.1 Å². The van der Waals surface area contributed by atoms with Crippen LogP contribution in [0.5, 0.6) is 0 Å². The van der Waals surface area contributed by atoms with E-state index in [9.17, 15) is 19.6 Å². The van der Waals surface area contributed by atoms with Crippen LogP contribution in [-0.4, -0.2) is 41.8 Å². The molecule has 7 heteroatoms. The summed E-state index contributed by atoms with van der Waals surface area (Å²) < 4.78 is 6.26. The molecule has 31 heavy (non-hydrogen) atoms. The van der Waals surface area contributed by atoms with Gasteiger partial charge in [0.2, 0.25) is 11.3 Å². The Labute approximate surface area is 182 Å². The van der Waals surface area contributed by atoms with Gasteiger partial charge >= 0.3 is 5.97 Å². The zero-order valence-corrected chi connectivity index (χ0v) is 18.4. The summed E-state index contributed by atoms with van der Waals surface area (Å²) in [5.41, 5.74) is 0.742. The first-order chi connectivity index (χ1) is 14.7. The number of hydrogen-bond donors (Lipinski definition) is 0. The van der Waals surface area contributed by atoms with Crippen LogP contribution >= 0.6 is 0 Å². The molecule has 1 aliphatic heterocycles. The minimum atomic E-state index is -0.744. The highest BCUT2D eigenvalue weighted by atomic mass is 16.5. The summed E-state index contributed by atoms with van der Waals surface area (Å²) in [6, 6.07) is 8.63. The molecule has 2 aromatic rings. The second-order valence-electron chi connectivity index (χ2n) is 8.73. The van der Waals surface area contributed by atoms with Crippen molar-refractivity contribution in [2.24, 2.45) is 5.41 Å². The summed E-state index contributed by atoms with van der Waals surface area (Å²) in [5, 5.41) is 13.0. The van der Waals surface area contributed by atoms with Crippen LogP contribution in [0.15, 0.2) is 36.5 Å². The van der Waals surface area contributed by atoms with Gasteiger partial charge in [-0.05, 0) is 44.2 Å². The molecule has 1 aromatic heterocycles. The number of rotatable bonds is 8. The number of likely N-dealkylation sites (tertiary alicyclic amines) is 1. The third-order valence-electron chi connectivity index (χ3n) is 6.13. The standard InChI is InChI=1S/C24H30N2O5/c1-4-24(2,3)21(27)22(28)25-13-7-12-20(25)23(29)31-14-8-9-17-15-18-10-5-6-11-19(18)26(30)16-17/h5-6,10-11,15-16,20H,4,7-9,12-14H2,1-3H3. The van der Waals surface area contributed by atoms with E-state index >= 15 is 0 Å². The van der Waals surface area contributed by atoms with Gasteiger partial charge in [0.15, 0.2) is 6.20 Å². The van der Waals surface area contributed by atoms with Gasteiger partial charge in [-0.3, -0.25) is 9.59 Å².